The van der Waals surface area contributed by atoms with Crippen molar-refractivity contribution in [3.63, 3.8) is 0 Å². The Labute approximate surface area is 141 Å². The molecule has 11 heteroatoms. The lowest BCUT2D eigenvalue weighted by Gasteiger charge is -2.21. The molecule has 0 saturated carbocycles. The molecule has 0 aliphatic rings. The number of nitriles is 1. The summed E-state index contributed by atoms with van der Waals surface area (Å²) in [5.41, 5.74) is -3.17. The summed E-state index contributed by atoms with van der Waals surface area (Å²) in [6.45, 7) is 1.34. The van der Waals surface area contributed by atoms with Crippen molar-refractivity contribution in [3.8, 4) is 17.6 Å². The van der Waals surface area contributed by atoms with Gasteiger partial charge in [0.05, 0.1) is 18.0 Å². The van der Waals surface area contributed by atoms with Gasteiger partial charge in [0.1, 0.15) is 5.75 Å². The van der Waals surface area contributed by atoms with Gasteiger partial charge in [-0.25, -0.2) is 4.98 Å². The normalized spacial score (nSPS) is 11.9. The maximum absolute atomic E-state index is 13.6. The molecule has 1 aromatic carbocycles. The third kappa shape index (κ3) is 3.41. The van der Waals surface area contributed by atoms with E-state index in [1.54, 1.807) is 6.07 Å². The minimum absolute atomic E-state index is 0.00745. The van der Waals surface area contributed by atoms with Crippen LogP contribution in [0.5, 0.6) is 11.5 Å². The number of rotatable bonds is 3. The van der Waals surface area contributed by atoms with Crippen molar-refractivity contribution >= 4 is 11.6 Å². The standard InChI is InChI=1S/C14H7ClF5N3O2/c1-6-7(4-21)2-8(15)3-9(6)25-10-11(22-5-23-12(10)24)13(16,17)14(18,19)20/h2-3,5H,1H3,(H,22,23,24). The van der Waals surface area contributed by atoms with E-state index < -0.39 is 29.1 Å². The zero-order chi connectivity index (χ0) is 19.0. The molecular weight excluding hydrogens is 373 g/mol. The highest BCUT2D eigenvalue weighted by atomic mass is 35.5. The summed E-state index contributed by atoms with van der Waals surface area (Å²) in [5, 5.41) is 8.93. The molecule has 0 radical (unpaired) electrons. The van der Waals surface area contributed by atoms with Crippen LogP contribution >= 0.6 is 11.6 Å². The average Bonchev–Trinajstić information content (AvgIpc) is 2.51. The van der Waals surface area contributed by atoms with Crippen LogP contribution in [-0.2, 0) is 5.92 Å². The summed E-state index contributed by atoms with van der Waals surface area (Å²) in [7, 11) is 0. The van der Waals surface area contributed by atoms with E-state index in [0.717, 1.165) is 6.07 Å². The number of hydrogen-bond acceptors (Lipinski definition) is 4. The molecule has 0 aliphatic carbocycles. The summed E-state index contributed by atoms with van der Waals surface area (Å²) in [5.74, 6) is -7.11. The number of aromatic amines is 1. The Bertz CT molecular complexity index is 918. The summed E-state index contributed by atoms with van der Waals surface area (Å²) in [6, 6.07) is 4.06. The molecule has 25 heavy (non-hydrogen) atoms. The fraction of sp³-hybridized carbons (Fsp3) is 0.214. The van der Waals surface area contributed by atoms with Gasteiger partial charge in [-0.1, -0.05) is 11.6 Å². The lowest BCUT2D eigenvalue weighted by atomic mass is 10.1. The predicted molar refractivity (Wildman–Crippen MR) is 75.8 cm³/mol. The molecule has 132 valence electrons. The number of benzene rings is 1. The zero-order valence-corrected chi connectivity index (χ0v) is 13.0. The maximum Gasteiger partial charge on any atom is 0.459 e. The molecule has 0 saturated heterocycles. The molecule has 2 rings (SSSR count). The highest BCUT2D eigenvalue weighted by Crippen LogP contribution is 2.46. The molecule has 1 N–H and O–H groups in total. The van der Waals surface area contributed by atoms with Crippen LogP contribution in [0.3, 0.4) is 0 Å². The summed E-state index contributed by atoms with van der Waals surface area (Å²) in [4.78, 5) is 16.5. The van der Waals surface area contributed by atoms with Gasteiger partial charge in [0.2, 0.25) is 5.75 Å². The fourth-order valence-corrected chi connectivity index (χ4v) is 2.03. The number of aromatic nitrogens is 2. The number of nitrogens with one attached hydrogen (secondary N) is 1. The number of ether oxygens (including phenoxy) is 1. The van der Waals surface area contributed by atoms with Crippen molar-refractivity contribution in [2.24, 2.45) is 0 Å². The van der Waals surface area contributed by atoms with Gasteiger partial charge in [-0.05, 0) is 19.1 Å². The SMILES string of the molecule is Cc1c(C#N)cc(Cl)cc1Oc1c(C(F)(F)C(F)(F)F)nc[nH]c1=O. The highest BCUT2D eigenvalue weighted by molar-refractivity contribution is 6.30. The van der Waals surface area contributed by atoms with Gasteiger partial charge in [0.15, 0.2) is 5.69 Å². The second kappa shape index (κ2) is 6.33. The van der Waals surface area contributed by atoms with Gasteiger partial charge in [0, 0.05) is 10.6 Å². The van der Waals surface area contributed by atoms with Gasteiger partial charge >= 0.3 is 12.1 Å². The third-order valence-corrected chi connectivity index (χ3v) is 3.34. The molecule has 0 unspecified atom stereocenters. The fourth-order valence-electron chi connectivity index (χ4n) is 1.83. The quantitative estimate of drug-likeness (QED) is 0.816. The number of hydrogen-bond donors (Lipinski definition) is 1. The molecule has 0 aliphatic heterocycles. The average molecular weight is 380 g/mol. The Kier molecular flexibility index (Phi) is 4.72. The van der Waals surface area contributed by atoms with Crippen molar-refractivity contribution in [1.82, 2.24) is 9.97 Å². The van der Waals surface area contributed by atoms with Crippen LogP contribution < -0.4 is 10.3 Å². The maximum atomic E-state index is 13.6. The Morgan fingerprint density at radius 1 is 1.28 bits per heavy atom. The number of nitrogens with zero attached hydrogens (tertiary/aromatic N) is 2. The van der Waals surface area contributed by atoms with Crippen LogP contribution in [0.15, 0.2) is 23.3 Å². The second-order valence-electron chi connectivity index (χ2n) is 4.77. The Morgan fingerprint density at radius 3 is 2.48 bits per heavy atom. The van der Waals surface area contributed by atoms with Crippen molar-refractivity contribution < 1.29 is 26.7 Å². The minimum Gasteiger partial charge on any atom is -0.449 e. The molecule has 0 fully saturated rings. The Morgan fingerprint density at radius 2 is 1.92 bits per heavy atom. The molecule has 0 atom stereocenters. The molecule has 0 bridgehead atoms. The van der Waals surface area contributed by atoms with Crippen LogP contribution in [0.1, 0.15) is 16.8 Å². The zero-order valence-electron chi connectivity index (χ0n) is 12.2. The van der Waals surface area contributed by atoms with E-state index >= 15 is 0 Å². The highest BCUT2D eigenvalue weighted by Gasteiger charge is 2.61. The molecule has 1 aromatic heterocycles. The van der Waals surface area contributed by atoms with Crippen LogP contribution in [-0.4, -0.2) is 16.1 Å². The molecule has 0 amide bonds. The minimum atomic E-state index is -5.99. The van der Waals surface area contributed by atoms with Crippen LogP contribution in [0, 0.1) is 18.3 Å². The summed E-state index contributed by atoms with van der Waals surface area (Å²) < 4.78 is 70.0. The van der Waals surface area contributed by atoms with E-state index in [1.807, 2.05) is 4.98 Å². The van der Waals surface area contributed by atoms with E-state index in [-0.39, 0.29) is 21.9 Å². The first-order valence-corrected chi connectivity index (χ1v) is 6.77. The van der Waals surface area contributed by atoms with E-state index in [1.165, 1.54) is 13.0 Å². The van der Waals surface area contributed by atoms with Crippen molar-refractivity contribution in [2.75, 3.05) is 0 Å². The van der Waals surface area contributed by atoms with Gasteiger partial charge in [0.25, 0.3) is 5.56 Å². The monoisotopic (exact) mass is 379 g/mol. The summed E-state index contributed by atoms with van der Waals surface area (Å²) >= 11 is 5.75. The Hall–Kier alpha value is -2.67. The number of alkyl halides is 5. The first kappa shape index (κ1) is 18.7. The first-order valence-electron chi connectivity index (χ1n) is 6.40. The smallest absolute Gasteiger partial charge is 0.449 e. The first-order chi connectivity index (χ1) is 11.5. The lowest BCUT2D eigenvalue weighted by molar-refractivity contribution is -0.291. The molecule has 2 aromatic rings. The number of halogens is 6. The van der Waals surface area contributed by atoms with Gasteiger partial charge in [-0.15, -0.1) is 0 Å². The van der Waals surface area contributed by atoms with Crippen molar-refractivity contribution in [2.45, 2.75) is 19.0 Å². The van der Waals surface area contributed by atoms with E-state index in [0.29, 0.717) is 6.33 Å². The van der Waals surface area contributed by atoms with Crippen LogP contribution in [0.25, 0.3) is 0 Å². The topological polar surface area (TPSA) is 78.8 Å². The van der Waals surface area contributed by atoms with E-state index in [9.17, 15) is 26.7 Å². The second-order valence-corrected chi connectivity index (χ2v) is 5.21. The van der Waals surface area contributed by atoms with E-state index in [2.05, 4.69) is 4.98 Å². The molecule has 0 spiro atoms. The summed E-state index contributed by atoms with van der Waals surface area (Å²) in [6.07, 6.45) is -5.59. The van der Waals surface area contributed by atoms with Crippen LogP contribution in [0.2, 0.25) is 5.02 Å². The lowest BCUT2D eigenvalue weighted by Crippen LogP contribution is -2.36. The van der Waals surface area contributed by atoms with Gasteiger partial charge < -0.3 is 9.72 Å². The molecular formula is C14H7ClF5N3O2. The molecule has 5 nitrogen and oxygen atoms in total. The van der Waals surface area contributed by atoms with Gasteiger partial charge in [-0.3, -0.25) is 4.79 Å². The predicted octanol–water partition coefficient (Wildman–Crippen LogP) is 4.05. The van der Waals surface area contributed by atoms with Crippen molar-refractivity contribution in [3.05, 3.63) is 50.7 Å². The molecule has 1 heterocycles. The van der Waals surface area contributed by atoms with Crippen LogP contribution in [0.4, 0.5) is 22.0 Å². The largest absolute Gasteiger partial charge is 0.459 e. The van der Waals surface area contributed by atoms with Crippen molar-refractivity contribution in [1.29, 1.82) is 5.26 Å². The number of H-pyrrole nitrogens is 1. The third-order valence-electron chi connectivity index (χ3n) is 3.12. The van der Waals surface area contributed by atoms with Gasteiger partial charge in [-0.2, -0.15) is 27.2 Å². The Balaban J connectivity index is 2.66. The van der Waals surface area contributed by atoms with E-state index in [4.69, 9.17) is 21.6 Å².